The Morgan fingerprint density at radius 3 is 2.81 bits per heavy atom. The molecule has 0 radical (unpaired) electrons. The van der Waals surface area contributed by atoms with Crippen LogP contribution in [0.2, 0.25) is 0 Å². The quantitative estimate of drug-likeness (QED) is 0.737. The van der Waals surface area contributed by atoms with Crippen molar-refractivity contribution in [2.24, 2.45) is 0 Å². The molecule has 1 aliphatic heterocycles. The fraction of sp³-hybridized carbons (Fsp3) is 0.333. The van der Waals surface area contributed by atoms with Gasteiger partial charge in [-0.15, -0.1) is 21.5 Å². The zero-order valence-electron chi connectivity index (χ0n) is 14.5. The topological polar surface area (TPSA) is 76.9 Å². The summed E-state index contributed by atoms with van der Waals surface area (Å²) in [4.78, 5) is 0.963. The summed E-state index contributed by atoms with van der Waals surface area (Å²) in [6.07, 6.45) is 4.39. The first-order valence-electron chi connectivity index (χ1n) is 8.65. The molecule has 1 aromatic carbocycles. The summed E-state index contributed by atoms with van der Waals surface area (Å²) in [6.45, 7) is 2.80. The van der Waals surface area contributed by atoms with Crippen LogP contribution in [0.3, 0.4) is 0 Å². The number of nitrogens with one attached hydrogen (secondary N) is 1. The van der Waals surface area contributed by atoms with Gasteiger partial charge in [-0.25, -0.2) is 8.42 Å². The Bertz CT molecular complexity index is 1040. The molecule has 0 spiro atoms. The van der Waals surface area contributed by atoms with Gasteiger partial charge in [-0.1, -0.05) is 18.6 Å². The summed E-state index contributed by atoms with van der Waals surface area (Å²) >= 11 is 1.26. The number of hydrogen-bond donors (Lipinski definition) is 1. The second kappa shape index (κ2) is 6.85. The minimum absolute atomic E-state index is 0.316. The van der Waals surface area contributed by atoms with Gasteiger partial charge in [0.15, 0.2) is 5.82 Å². The minimum atomic E-state index is -3.58. The molecule has 0 aliphatic carbocycles. The lowest BCUT2D eigenvalue weighted by Gasteiger charge is -2.10. The molecular weight excluding hydrogens is 368 g/mol. The smallest absolute Gasteiger partial charge is 0.271 e. The molecule has 0 bridgehead atoms. The fourth-order valence-corrected chi connectivity index (χ4v) is 5.52. The summed E-state index contributed by atoms with van der Waals surface area (Å²) in [5.41, 5.74) is 1.40. The van der Waals surface area contributed by atoms with Crippen LogP contribution in [-0.4, -0.2) is 23.2 Å². The van der Waals surface area contributed by atoms with Crippen molar-refractivity contribution in [3.63, 3.8) is 0 Å². The van der Waals surface area contributed by atoms with Crippen molar-refractivity contribution < 1.29 is 8.42 Å². The lowest BCUT2D eigenvalue weighted by Crippen LogP contribution is -2.11. The largest absolute Gasteiger partial charge is 0.311 e. The molecule has 4 rings (SSSR count). The molecule has 0 unspecified atom stereocenters. The first kappa shape index (κ1) is 17.2. The third kappa shape index (κ3) is 3.39. The lowest BCUT2D eigenvalue weighted by molar-refractivity contribution is 0.603. The van der Waals surface area contributed by atoms with Gasteiger partial charge < -0.3 is 4.57 Å². The fourth-order valence-electron chi connectivity index (χ4n) is 3.18. The number of thiophene rings is 1. The highest BCUT2D eigenvalue weighted by Gasteiger charge is 2.19. The Labute approximate surface area is 157 Å². The number of fused-ring (bicyclic) bond motifs is 1. The van der Waals surface area contributed by atoms with Gasteiger partial charge in [-0.05, 0) is 44.0 Å². The Balaban J connectivity index is 1.65. The first-order valence-corrected chi connectivity index (χ1v) is 10.9. The van der Waals surface area contributed by atoms with Gasteiger partial charge in [0.05, 0.1) is 0 Å². The van der Waals surface area contributed by atoms with E-state index in [-0.39, 0.29) is 0 Å². The average molecular weight is 389 g/mol. The van der Waals surface area contributed by atoms with Crippen LogP contribution in [0, 0.1) is 6.92 Å². The predicted octanol–water partition coefficient (Wildman–Crippen LogP) is 3.84. The second-order valence-corrected chi connectivity index (χ2v) is 9.65. The van der Waals surface area contributed by atoms with Gasteiger partial charge >= 0.3 is 0 Å². The van der Waals surface area contributed by atoms with Gasteiger partial charge in [0.2, 0.25) is 0 Å². The molecule has 0 atom stereocenters. The van der Waals surface area contributed by atoms with Crippen LogP contribution in [0.15, 0.2) is 40.6 Å². The molecule has 8 heteroatoms. The van der Waals surface area contributed by atoms with Crippen LogP contribution in [0.1, 0.15) is 30.0 Å². The number of aryl methyl sites for hydroxylation is 2. The van der Waals surface area contributed by atoms with E-state index in [1.165, 1.54) is 17.8 Å². The number of sulfonamides is 1. The summed E-state index contributed by atoms with van der Waals surface area (Å²) in [5.74, 6) is 1.81. The van der Waals surface area contributed by atoms with Gasteiger partial charge in [0.1, 0.15) is 10.0 Å². The standard InChI is InChI=1S/C18H20N4O2S2/c1-13-9-10-17(25-13)26(23,24)21-15-7-5-6-14(12-15)18-20-19-16-8-3-2-4-11-22(16)18/h5-7,9-10,12,21H,2-4,8,11H2,1H3. The van der Waals surface area contributed by atoms with Crippen molar-refractivity contribution in [2.75, 3.05) is 4.72 Å². The maximum atomic E-state index is 12.6. The number of hydrogen-bond acceptors (Lipinski definition) is 5. The van der Waals surface area contributed by atoms with Crippen LogP contribution >= 0.6 is 11.3 Å². The maximum Gasteiger partial charge on any atom is 0.271 e. The van der Waals surface area contributed by atoms with E-state index in [2.05, 4.69) is 19.5 Å². The van der Waals surface area contributed by atoms with E-state index < -0.39 is 10.0 Å². The molecule has 2 aromatic heterocycles. The summed E-state index contributed by atoms with van der Waals surface area (Å²) in [7, 11) is -3.58. The molecule has 3 heterocycles. The molecule has 0 saturated heterocycles. The summed E-state index contributed by atoms with van der Waals surface area (Å²) in [6, 6.07) is 10.8. The Morgan fingerprint density at radius 2 is 2.00 bits per heavy atom. The number of rotatable bonds is 4. The normalized spacial score (nSPS) is 14.7. The van der Waals surface area contributed by atoms with Crippen molar-refractivity contribution in [1.82, 2.24) is 14.8 Å². The molecule has 0 amide bonds. The monoisotopic (exact) mass is 388 g/mol. The molecule has 0 fully saturated rings. The van der Waals surface area contributed by atoms with E-state index in [9.17, 15) is 8.42 Å². The highest BCUT2D eigenvalue weighted by Crippen LogP contribution is 2.27. The van der Waals surface area contributed by atoms with Crippen LogP contribution < -0.4 is 4.72 Å². The number of nitrogens with zero attached hydrogens (tertiary/aromatic N) is 3. The third-order valence-electron chi connectivity index (χ3n) is 4.46. The molecule has 26 heavy (non-hydrogen) atoms. The van der Waals surface area contributed by atoms with Crippen LogP contribution in [0.4, 0.5) is 5.69 Å². The van der Waals surface area contributed by atoms with Crippen LogP contribution in [0.25, 0.3) is 11.4 Å². The molecule has 1 aliphatic rings. The van der Waals surface area contributed by atoms with Gasteiger partial charge in [0, 0.05) is 29.1 Å². The summed E-state index contributed by atoms with van der Waals surface area (Å²) < 4.78 is 30.3. The van der Waals surface area contributed by atoms with Gasteiger partial charge in [0.25, 0.3) is 10.0 Å². The van der Waals surface area contributed by atoms with E-state index >= 15 is 0 Å². The van der Waals surface area contributed by atoms with E-state index in [0.717, 1.165) is 47.9 Å². The highest BCUT2D eigenvalue weighted by molar-refractivity contribution is 7.94. The van der Waals surface area contributed by atoms with Gasteiger partial charge in [-0.3, -0.25) is 4.72 Å². The maximum absolute atomic E-state index is 12.6. The molecule has 6 nitrogen and oxygen atoms in total. The average Bonchev–Trinajstić information content (AvgIpc) is 3.15. The van der Waals surface area contributed by atoms with Crippen molar-refractivity contribution in [3.8, 4) is 11.4 Å². The Hall–Kier alpha value is -2.19. The number of anilines is 1. The Kier molecular flexibility index (Phi) is 4.54. The van der Waals surface area contributed by atoms with Crippen molar-refractivity contribution in [3.05, 3.63) is 47.1 Å². The van der Waals surface area contributed by atoms with Gasteiger partial charge in [-0.2, -0.15) is 0 Å². The zero-order chi connectivity index (χ0) is 18.1. The number of aromatic nitrogens is 3. The third-order valence-corrected chi connectivity index (χ3v) is 7.34. The number of benzene rings is 1. The van der Waals surface area contributed by atoms with E-state index in [1.807, 2.05) is 25.1 Å². The van der Waals surface area contributed by atoms with Crippen molar-refractivity contribution in [2.45, 2.75) is 43.4 Å². The molecule has 136 valence electrons. The van der Waals surface area contributed by atoms with Crippen molar-refractivity contribution in [1.29, 1.82) is 0 Å². The summed E-state index contributed by atoms with van der Waals surface area (Å²) in [5, 5.41) is 8.67. The first-order chi connectivity index (χ1) is 12.5. The molecule has 0 saturated carbocycles. The highest BCUT2D eigenvalue weighted by atomic mass is 32.2. The minimum Gasteiger partial charge on any atom is -0.311 e. The predicted molar refractivity (Wildman–Crippen MR) is 103 cm³/mol. The zero-order valence-corrected chi connectivity index (χ0v) is 16.1. The SMILES string of the molecule is Cc1ccc(S(=O)(=O)Nc2cccc(-c3nnc4n3CCCCC4)c2)s1. The molecular formula is C18H20N4O2S2. The van der Waals surface area contributed by atoms with Crippen LogP contribution in [0.5, 0.6) is 0 Å². The van der Waals surface area contributed by atoms with E-state index in [4.69, 9.17) is 0 Å². The van der Waals surface area contributed by atoms with E-state index in [0.29, 0.717) is 9.90 Å². The van der Waals surface area contributed by atoms with E-state index in [1.54, 1.807) is 18.2 Å². The van der Waals surface area contributed by atoms with Crippen molar-refractivity contribution >= 4 is 27.0 Å². The second-order valence-electron chi connectivity index (χ2n) is 6.45. The lowest BCUT2D eigenvalue weighted by atomic mass is 10.2. The molecule has 1 N–H and O–H groups in total. The Morgan fingerprint density at radius 1 is 1.12 bits per heavy atom. The molecule has 3 aromatic rings. The van der Waals surface area contributed by atoms with Crippen LogP contribution in [-0.2, 0) is 23.0 Å².